The van der Waals surface area contributed by atoms with E-state index in [0.29, 0.717) is 36.8 Å². The van der Waals surface area contributed by atoms with Crippen LogP contribution in [0.15, 0.2) is 54.6 Å². The number of fused-ring (bicyclic) bond motifs is 1. The van der Waals surface area contributed by atoms with Crippen LogP contribution in [-0.2, 0) is 40.5 Å². The topological polar surface area (TPSA) is 177 Å². The summed E-state index contributed by atoms with van der Waals surface area (Å²) in [6, 6.07) is 9.67. The standard InChI is InChI=1S/C33H39F3N4O9S/c1-3-32(2)31(45)38-25(20-21-14-16-23(17-15-21)49-50(46,47)33(34,35)36)29(43)40-18-9-13-26(40)28(42)37-24(27(41)39-32)12-7-8-19-48-30(44)22-10-5-4-6-11-22/h4-6,10-11,14-17,24-26H,3,7-9,12-13,18-20H2,1-2H3,(H,37,42)(H,38,45)(H,39,41)/t24-,25-,26+,32-/m0/s1. The van der Waals surface area contributed by atoms with Crippen molar-refractivity contribution in [1.29, 1.82) is 0 Å². The summed E-state index contributed by atoms with van der Waals surface area (Å²) in [4.78, 5) is 68.3. The number of amides is 4. The van der Waals surface area contributed by atoms with E-state index < -0.39 is 74.6 Å². The molecule has 4 rings (SSSR count). The zero-order valence-electron chi connectivity index (χ0n) is 27.5. The zero-order valence-corrected chi connectivity index (χ0v) is 28.3. The van der Waals surface area contributed by atoms with Crippen molar-refractivity contribution in [3.8, 4) is 5.75 Å². The SMILES string of the molecule is CC[C@]1(C)NC(=O)[C@H](CCCCOC(=O)c2ccccc2)NC(=O)[C@H]2CCCN2C(=O)[C@H](Cc2ccc(OS(=O)(=O)C(F)(F)F)cc2)NC1=O. The molecule has 50 heavy (non-hydrogen) atoms. The van der Waals surface area contributed by atoms with Gasteiger partial charge < -0.3 is 29.8 Å². The van der Waals surface area contributed by atoms with Crippen LogP contribution in [-0.4, -0.2) is 85.2 Å². The lowest BCUT2D eigenvalue weighted by molar-refractivity contribution is -0.144. The van der Waals surface area contributed by atoms with E-state index in [1.54, 1.807) is 37.3 Å². The maximum atomic E-state index is 13.9. The number of rotatable bonds is 11. The summed E-state index contributed by atoms with van der Waals surface area (Å²) in [6.45, 7) is 3.41. The van der Waals surface area contributed by atoms with E-state index in [1.165, 1.54) is 24.0 Å². The van der Waals surface area contributed by atoms with Crippen molar-refractivity contribution < 1.29 is 54.5 Å². The summed E-state index contributed by atoms with van der Waals surface area (Å²) in [7, 11) is -5.90. The minimum absolute atomic E-state index is 0.0831. The zero-order chi connectivity index (χ0) is 36.7. The first-order chi connectivity index (χ1) is 23.5. The van der Waals surface area contributed by atoms with Gasteiger partial charge in [-0.3, -0.25) is 19.2 Å². The molecule has 17 heteroatoms. The van der Waals surface area contributed by atoms with Crippen LogP contribution in [0.25, 0.3) is 0 Å². The molecule has 4 amide bonds. The average Bonchev–Trinajstić information content (AvgIpc) is 3.57. The van der Waals surface area contributed by atoms with Crippen LogP contribution in [0.3, 0.4) is 0 Å². The number of nitrogens with zero attached hydrogens (tertiary/aromatic N) is 1. The Morgan fingerprint density at radius 2 is 1.64 bits per heavy atom. The van der Waals surface area contributed by atoms with Gasteiger partial charge in [0, 0.05) is 13.0 Å². The van der Waals surface area contributed by atoms with Crippen molar-refractivity contribution in [2.45, 2.75) is 88.0 Å². The van der Waals surface area contributed by atoms with Gasteiger partial charge in [0.2, 0.25) is 23.6 Å². The normalized spacial score (nSPS) is 23.5. The molecule has 0 bridgehead atoms. The van der Waals surface area contributed by atoms with Gasteiger partial charge in [0.15, 0.2) is 0 Å². The Hall–Kier alpha value is -4.67. The number of alkyl halides is 3. The molecule has 2 heterocycles. The molecule has 3 N–H and O–H groups in total. The molecular weight excluding hydrogens is 685 g/mol. The van der Waals surface area contributed by atoms with Gasteiger partial charge in [-0.15, -0.1) is 0 Å². The lowest BCUT2D eigenvalue weighted by Gasteiger charge is -2.36. The van der Waals surface area contributed by atoms with Crippen molar-refractivity contribution >= 4 is 39.7 Å². The van der Waals surface area contributed by atoms with Gasteiger partial charge in [-0.05, 0) is 75.3 Å². The third kappa shape index (κ3) is 9.31. The van der Waals surface area contributed by atoms with Gasteiger partial charge in [-0.1, -0.05) is 37.3 Å². The van der Waals surface area contributed by atoms with Crippen LogP contribution in [0.1, 0.15) is 68.3 Å². The van der Waals surface area contributed by atoms with E-state index in [-0.39, 0.29) is 32.4 Å². The van der Waals surface area contributed by atoms with Gasteiger partial charge in [0.05, 0.1) is 12.2 Å². The Balaban J connectivity index is 1.49. The van der Waals surface area contributed by atoms with Crippen molar-refractivity contribution in [3.05, 3.63) is 65.7 Å². The summed E-state index contributed by atoms with van der Waals surface area (Å²) in [5, 5.41) is 8.17. The molecule has 0 spiro atoms. The molecule has 13 nitrogen and oxygen atoms in total. The second kappa shape index (κ2) is 15.9. The van der Waals surface area contributed by atoms with Crippen molar-refractivity contribution in [2.24, 2.45) is 0 Å². The number of ether oxygens (including phenoxy) is 1. The first-order valence-corrected chi connectivity index (χ1v) is 17.5. The van der Waals surface area contributed by atoms with Crippen LogP contribution in [0, 0.1) is 0 Å². The number of carbonyl (C=O) groups excluding carboxylic acids is 5. The highest BCUT2D eigenvalue weighted by molar-refractivity contribution is 7.88. The first-order valence-electron chi connectivity index (χ1n) is 16.1. The second-order valence-corrected chi connectivity index (χ2v) is 13.8. The number of carbonyl (C=O) groups is 5. The lowest BCUT2D eigenvalue weighted by Crippen LogP contribution is -2.65. The van der Waals surface area contributed by atoms with Crippen molar-refractivity contribution in [3.63, 3.8) is 0 Å². The maximum Gasteiger partial charge on any atom is 0.534 e. The highest BCUT2D eigenvalue weighted by Crippen LogP contribution is 2.28. The summed E-state index contributed by atoms with van der Waals surface area (Å²) in [5.41, 5.74) is -6.41. The van der Waals surface area contributed by atoms with E-state index >= 15 is 0 Å². The fraction of sp³-hybridized carbons (Fsp3) is 0.485. The summed E-state index contributed by atoms with van der Waals surface area (Å²) in [5.74, 6) is -3.53. The summed E-state index contributed by atoms with van der Waals surface area (Å²) in [6.07, 6.45) is 1.65. The number of unbranched alkanes of at least 4 members (excludes halogenated alkanes) is 1. The van der Waals surface area contributed by atoms with Gasteiger partial charge in [0.25, 0.3) is 0 Å². The van der Waals surface area contributed by atoms with Crippen LogP contribution >= 0.6 is 0 Å². The number of esters is 1. The fourth-order valence-corrected chi connectivity index (χ4v) is 6.04. The predicted molar refractivity (Wildman–Crippen MR) is 172 cm³/mol. The molecular formula is C33H39F3N4O9S. The third-order valence-corrected chi connectivity index (χ3v) is 9.64. The van der Waals surface area contributed by atoms with Crippen LogP contribution in [0.5, 0.6) is 5.75 Å². The Morgan fingerprint density at radius 3 is 2.28 bits per heavy atom. The second-order valence-electron chi connectivity index (χ2n) is 12.3. The smallest absolute Gasteiger partial charge is 0.462 e. The van der Waals surface area contributed by atoms with Gasteiger partial charge in [-0.25, -0.2) is 4.79 Å². The van der Waals surface area contributed by atoms with Gasteiger partial charge in [0.1, 0.15) is 29.4 Å². The minimum atomic E-state index is -5.90. The first kappa shape index (κ1) is 38.1. The molecule has 0 unspecified atom stereocenters. The quantitative estimate of drug-likeness (QED) is 0.136. The highest BCUT2D eigenvalue weighted by atomic mass is 32.2. The Morgan fingerprint density at radius 1 is 0.960 bits per heavy atom. The number of halogens is 3. The lowest BCUT2D eigenvalue weighted by atomic mass is 9.94. The molecule has 0 radical (unpaired) electrons. The molecule has 2 fully saturated rings. The van der Waals surface area contributed by atoms with E-state index in [9.17, 15) is 45.6 Å². The molecule has 2 aliphatic heterocycles. The predicted octanol–water partition coefficient (Wildman–Crippen LogP) is 2.74. The summed E-state index contributed by atoms with van der Waals surface area (Å²) < 4.78 is 70.4. The van der Waals surface area contributed by atoms with Crippen LogP contribution < -0.4 is 20.1 Å². The molecule has 2 aromatic carbocycles. The molecule has 4 atom stereocenters. The van der Waals surface area contributed by atoms with Crippen molar-refractivity contribution in [1.82, 2.24) is 20.9 Å². The monoisotopic (exact) mass is 724 g/mol. The van der Waals surface area contributed by atoms with E-state index in [1.807, 2.05) is 0 Å². The third-order valence-electron chi connectivity index (χ3n) is 8.66. The van der Waals surface area contributed by atoms with Crippen LogP contribution in [0.4, 0.5) is 13.2 Å². The fourth-order valence-electron chi connectivity index (χ4n) is 5.59. The number of benzene rings is 2. The maximum absolute atomic E-state index is 13.9. The molecule has 0 aromatic heterocycles. The van der Waals surface area contributed by atoms with Crippen LogP contribution in [0.2, 0.25) is 0 Å². The van der Waals surface area contributed by atoms with E-state index in [2.05, 4.69) is 20.1 Å². The minimum Gasteiger partial charge on any atom is -0.462 e. The molecule has 2 saturated heterocycles. The Kier molecular flexibility index (Phi) is 12.1. The van der Waals surface area contributed by atoms with Gasteiger partial charge in [-0.2, -0.15) is 21.6 Å². The van der Waals surface area contributed by atoms with E-state index in [4.69, 9.17) is 4.74 Å². The molecule has 2 aliphatic rings. The molecule has 0 saturated carbocycles. The number of nitrogens with one attached hydrogen (secondary N) is 3. The molecule has 272 valence electrons. The molecule has 2 aromatic rings. The highest BCUT2D eigenvalue weighted by Gasteiger charge is 2.48. The number of hydrogen-bond donors (Lipinski definition) is 3. The summed E-state index contributed by atoms with van der Waals surface area (Å²) >= 11 is 0. The Labute approximate surface area is 287 Å². The average molecular weight is 725 g/mol. The Bertz CT molecular complexity index is 1670. The number of hydrogen-bond acceptors (Lipinski definition) is 9. The largest absolute Gasteiger partial charge is 0.534 e. The molecule has 0 aliphatic carbocycles. The van der Waals surface area contributed by atoms with E-state index in [0.717, 1.165) is 12.1 Å². The van der Waals surface area contributed by atoms with Gasteiger partial charge >= 0.3 is 21.6 Å². The van der Waals surface area contributed by atoms with Crippen molar-refractivity contribution in [2.75, 3.05) is 13.2 Å².